The van der Waals surface area contributed by atoms with Gasteiger partial charge in [-0.1, -0.05) is 12.1 Å². The summed E-state index contributed by atoms with van der Waals surface area (Å²) in [6.07, 6.45) is 1.22. The number of imidazole rings is 1. The maximum Gasteiger partial charge on any atom is 0.243 e. The van der Waals surface area contributed by atoms with Gasteiger partial charge in [-0.3, -0.25) is 4.79 Å². The number of benzene rings is 2. The van der Waals surface area contributed by atoms with Crippen LogP contribution in [0.3, 0.4) is 0 Å². The van der Waals surface area contributed by atoms with Crippen LogP contribution < -0.4 is 0 Å². The van der Waals surface area contributed by atoms with Crippen molar-refractivity contribution in [3.8, 4) is 0 Å². The number of halogens is 1. The minimum Gasteiger partial charge on any atom is -0.340 e. The predicted octanol–water partition coefficient (Wildman–Crippen LogP) is 2.76. The number of aromatic amines is 1. The first-order valence-electron chi connectivity index (χ1n) is 9.79. The minimum atomic E-state index is -3.77. The molecule has 1 amide bonds. The summed E-state index contributed by atoms with van der Waals surface area (Å²) in [5.74, 6) is -0.357. The average Bonchev–Trinajstić information content (AvgIpc) is 3.16. The molecule has 9 heteroatoms. The van der Waals surface area contributed by atoms with Crippen LogP contribution >= 0.6 is 0 Å². The van der Waals surface area contributed by atoms with E-state index in [1.165, 1.54) is 16.4 Å². The van der Waals surface area contributed by atoms with Gasteiger partial charge in [-0.05, 0) is 49.2 Å². The molecule has 30 heavy (non-hydrogen) atoms. The lowest BCUT2D eigenvalue weighted by Gasteiger charge is -2.33. The van der Waals surface area contributed by atoms with Crippen LogP contribution in [0.15, 0.2) is 53.4 Å². The first-order valence-corrected chi connectivity index (χ1v) is 11.2. The Balaban J connectivity index is 1.45. The van der Waals surface area contributed by atoms with Crippen LogP contribution in [0.1, 0.15) is 18.7 Å². The Morgan fingerprint density at radius 2 is 1.97 bits per heavy atom. The van der Waals surface area contributed by atoms with Gasteiger partial charge in [0.2, 0.25) is 15.9 Å². The zero-order valence-electron chi connectivity index (χ0n) is 16.6. The number of nitrogens with one attached hydrogen (secondary N) is 1. The van der Waals surface area contributed by atoms with Gasteiger partial charge < -0.3 is 9.88 Å². The molecule has 1 saturated heterocycles. The fraction of sp³-hybridized carbons (Fsp3) is 0.333. The molecule has 0 radical (unpaired) electrons. The normalized spacial score (nSPS) is 17.9. The number of hydrogen-bond donors (Lipinski definition) is 1. The van der Waals surface area contributed by atoms with Gasteiger partial charge in [0.05, 0.1) is 28.4 Å². The van der Waals surface area contributed by atoms with Crippen molar-refractivity contribution in [2.24, 2.45) is 5.92 Å². The SMILES string of the molecule is CN(Cc1nc2ccccc2[nH]1)C(=O)C1CCCN(S(=O)(=O)c2ccc(F)cc2)C1. The van der Waals surface area contributed by atoms with Crippen molar-refractivity contribution in [3.63, 3.8) is 0 Å². The topological polar surface area (TPSA) is 86.4 Å². The highest BCUT2D eigenvalue weighted by atomic mass is 32.2. The lowest BCUT2D eigenvalue weighted by molar-refractivity contribution is -0.136. The minimum absolute atomic E-state index is 0.0348. The largest absolute Gasteiger partial charge is 0.340 e. The van der Waals surface area contributed by atoms with E-state index in [4.69, 9.17) is 0 Å². The summed E-state index contributed by atoms with van der Waals surface area (Å²) in [4.78, 5) is 22.3. The highest BCUT2D eigenvalue weighted by molar-refractivity contribution is 7.89. The van der Waals surface area contributed by atoms with Crippen molar-refractivity contribution >= 4 is 27.0 Å². The molecule has 7 nitrogen and oxygen atoms in total. The Bertz CT molecular complexity index is 1130. The van der Waals surface area contributed by atoms with Gasteiger partial charge in [-0.25, -0.2) is 17.8 Å². The van der Waals surface area contributed by atoms with Crippen molar-refractivity contribution in [1.29, 1.82) is 0 Å². The molecule has 1 fully saturated rings. The molecule has 1 atom stereocenters. The van der Waals surface area contributed by atoms with Crippen molar-refractivity contribution in [2.45, 2.75) is 24.3 Å². The Morgan fingerprint density at radius 3 is 2.70 bits per heavy atom. The molecule has 2 aromatic carbocycles. The second-order valence-corrected chi connectivity index (χ2v) is 9.49. The van der Waals surface area contributed by atoms with Crippen LogP contribution in [0.25, 0.3) is 11.0 Å². The van der Waals surface area contributed by atoms with Crippen LogP contribution in [0, 0.1) is 11.7 Å². The van der Waals surface area contributed by atoms with Crippen molar-refractivity contribution in [3.05, 3.63) is 60.2 Å². The first kappa shape index (κ1) is 20.5. The molecule has 1 unspecified atom stereocenters. The number of rotatable bonds is 5. The van der Waals surface area contributed by atoms with Crippen LogP contribution in [0.5, 0.6) is 0 Å². The molecule has 4 rings (SSSR count). The standard InChI is InChI=1S/C21H23FN4O3S/c1-25(14-20-23-18-6-2-3-7-19(18)24-20)21(27)15-5-4-12-26(13-15)30(28,29)17-10-8-16(22)9-11-17/h2-3,6-11,15H,4-5,12-14H2,1H3,(H,23,24). The molecule has 1 aliphatic heterocycles. The number of piperidine rings is 1. The molecule has 1 N–H and O–H groups in total. The molecule has 1 aliphatic rings. The smallest absolute Gasteiger partial charge is 0.243 e. The third-order valence-electron chi connectivity index (χ3n) is 5.39. The molecule has 0 aliphatic carbocycles. The first-order chi connectivity index (χ1) is 14.3. The monoisotopic (exact) mass is 430 g/mol. The van der Waals surface area contributed by atoms with Crippen molar-refractivity contribution in [2.75, 3.05) is 20.1 Å². The fourth-order valence-corrected chi connectivity index (χ4v) is 5.34. The van der Waals surface area contributed by atoms with Gasteiger partial charge in [0, 0.05) is 20.1 Å². The van der Waals surface area contributed by atoms with Gasteiger partial charge in [-0.2, -0.15) is 4.31 Å². The maximum absolute atomic E-state index is 13.2. The number of hydrogen-bond acceptors (Lipinski definition) is 4. The third kappa shape index (κ3) is 4.08. The summed E-state index contributed by atoms with van der Waals surface area (Å²) in [5, 5.41) is 0. The lowest BCUT2D eigenvalue weighted by atomic mass is 9.98. The Hall–Kier alpha value is -2.78. The number of para-hydroxylation sites is 2. The molecule has 1 aromatic heterocycles. The fourth-order valence-electron chi connectivity index (χ4n) is 3.81. The molecule has 0 spiro atoms. The van der Waals surface area contributed by atoms with E-state index in [0.717, 1.165) is 23.2 Å². The number of amides is 1. The molecule has 3 aromatic rings. The molecule has 0 saturated carbocycles. The van der Waals surface area contributed by atoms with Gasteiger partial charge in [-0.15, -0.1) is 0 Å². The Morgan fingerprint density at radius 1 is 1.23 bits per heavy atom. The molecule has 0 bridgehead atoms. The lowest BCUT2D eigenvalue weighted by Crippen LogP contribution is -2.45. The highest BCUT2D eigenvalue weighted by Gasteiger charge is 2.34. The van der Waals surface area contributed by atoms with Gasteiger partial charge in [0.15, 0.2) is 0 Å². The van der Waals surface area contributed by atoms with E-state index in [1.807, 2.05) is 24.3 Å². The number of aromatic nitrogens is 2. The van der Waals surface area contributed by atoms with E-state index in [0.29, 0.717) is 31.8 Å². The molecule has 158 valence electrons. The second kappa shape index (κ2) is 8.16. The summed E-state index contributed by atoms with van der Waals surface area (Å²) < 4.78 is 40.3. The average molecular weight is 431 g/mol. The van der Waals surface area contributed by atoms with Crippen LogP contribution in [0.2, 0.25) is 0 Å². The summed E-state index contributed by atoms with van der Waals surface area (Å²) in [6, 6.07) is 12.4. The second-order valence-electron chi connectivity index (χ2n) is 7.55. The zero-order valence-corrected chi connectivity index (χ0v) is 17.4. The van der Waals surface area contributed by atoms with Crippen LogP contribution in [-0.2, 0) is 21.4 Å². The summed E-state index contributed by atoms with van der Waals surface area (Å²) >= 11 is 0. The van der Waals surface area contributed by atoms with Crippen molar-refractivity contribution < 1.29 is 17.6 Å². The zero-order chi connectivity index (χ0) is 21.3. The Kier molecular flexibility index (Phi) is 5.57. The van der Waals surface area contributed by atoms with E-state index in [1.54, 1.807) is 11.9 Å². The number of carbonyl (C=O) groups excluding carboxylic acids is 1. The highest BCUT2D eigenvalue weighted by Crippen LogP contribution is 2.25. The summed E-state index contributed by atoms with van der Waals surface area (Å²) in [7, 11) is -2.07. The molecular formula is C21H23FN4O3S. The summed E-state index contributed by atoms with van der Waals surface area (Å²) in [5.41, 5.74) is 1.74. The van der Waals surface area contributed by atoms with Crippen LogP contribution in [-0.4, -0.2) is 53.6 Å². The number of H-pyrrole nitrogens is 1. The van der Waals surface area contributed by atoms with Gasteiger partial charge >= 0.3 is 0 Å². The van der Waals surface area contributed by atoms with Crippen LogP contribution in [0.4, 0.5) is 4.39 Å². The van der Waals surface area contributed by atoms with E-state index < -0.39 is 21.8 Å². The Labute approximate surface area is 174 Å². The third-order valence-corrected chi connectivity index (χ3v) is 7.27. The quantitative estimate of drug-likeness (QED) is 0.674. The molecule has 2 heterocycles. The number of nitrogens with zero attached hydrogens (tertiary/aromatic N) is 3. The number of carbonyl (C=O) groups is 1. The van der Waals surface area contributed by atoms with Gasteiger partial charge in [0.25, 0.3) is 0 Å². The van der Waals surface area contributed by atoms with Crippen molar-refractivity contribution in [1.82, 2.24) is 19.2 Å². The maximum atomic E-state index is 13.2. The van der Waals surface area contributed by atoms with E-state index in [9.17, 15) is 17.6 Å². The van der Waals surface area contributed by atoms with Gasteiger partial charge in [0.1, 0.15) is 11.6 Å². The molecular weight excluding hydrogens is 407 g/mol. The van der Waals surface area contributed by atoms with E-state index >= 15 is 0 Å². The van der Waals surface area contributed by atoms with E-state index in [-0.39, 0.29) is 17.3 Å². The number of fused-ring (bicyclic) bond motifs is 1. The number of sulfonamides is 1. The summed E-state index contributed by atoms with van der Waals surface area (Å²) in [6.45, 7) is 0.772. The predicted molar refractivity (Wildman–Crippen MR) is 110 cm³/mol. The van der Waals surface area contributed by atoms with E-state index in [2.05, 4.69) is 9.97 Å².